The van der Waals surface area contributed by atoms with E-state index in [2.05, 4.69) is 21.8 Å². The summed E-state index contributed by atoms with van der Waals surface area (Å²) in [6, 6.07) is 14.4. The molecule has 0 aliphatic heterocycles. The van der Waals surface area contributed by atoms with Crippen molar-refractivity contribution in [2.75, 3.05) is 5.75 Å². The molecule has 0 amide bonds. The van der Waals surface area contributed by atoms with Crippen LogP contribution in [0.2, 0.25) is 0 Å². The predicted octanol–water partition coefficient (Wildman–Crippen LogP) is 4.83. The standard InChI is InChI=1S/C19H15FN4S/c1-2-11-25-19-23-22-18(24(19)14-9-7-13(20)8-10-14)16-12-21-17-6-4-3-5-15(16)17/h2-10,12,21H,1,11H2. The summed E-state index contributed by atoms with van der Waals surface area (Å²) in [5.41, 5.74) is 2.81. The minimum absolute atomic E-state index is 0.272. The number of H-pyrrole nitrogens is 1. The zero-order chi connectivity index (χ0) is 17.2. The van der Waals surface area contributed by atoms with Gasteiger partial charge in [0.15, 0.2) is 11.0 Å². The van der Waals surface area contributed by atoms with Crippen molar-refractivity contribution in [3.63, 3.8) is 0 Å². The Labute approximate surface area is 148 Å². The van der Waals surface area contributed by atoms with Crippen LogP contribution >= 0.6 is 11.8 Å². The van der Waals surface area contributed by atoms with E-state index < -0.39 is 0 Å². The summed E-state index contributed by atoms with van der Waals surface area (Å²) < 4.78 is 15.3. The van der Waals surface area contributed by atoms with Crippen molar-refractivity contribution in [3.8, 4) is 17.1 Å². The molecule has 0 atom stereocenters. The lowest BCUT2D eigenvalue weighted by Gasteiger charge is -2.09. The molecule has 1 N–H and O–H groups in total. The number of aromatic nitrogens is 4. The van der Waals surface area contributed by atoms with Crippen LogP contribution in [0.1, 0.15) is 0 Å². The number of halogens is 1. The van der Waals surface area contributed by atoms with Crippen LogP contribution in [-0.4, -0.2) is 25.5 Å². The fourth-order valence-electron chi connectivity index (χ4n) is 2.75. The minimum Gasteiger partial charge on any atom is -0.360 e. The number of thioether (sulfide) groups is 1. The van der Waals surface area contributed by atoms with E-state index in [1.807, 2.05) is 41.1 Å². The van der Waals surface area contributed by atoms with Crippen LogP contribution < -0.4 is 0 Å². The van der Waals surface area contributed by atoms with E-state index in [9.17, 15) is 4.39 Å². The molecule has 0 aliphatic rings. The van der Waals surface area contributed by atoms with E-state index in [1.165, 1.54) is 23.9 Å². The second-order valence-electron chi connectivity index (χ2n) is 5.47. The molecule has 0 radical (unpaired) electrons. The third kappa shape index (κ3) is 2.85. The number of benzene rings is 2. The monoisotopic (exact) mass is 350 g/mol. The van der Waals surface area contributed by atoms with Crippen LogP contribution in [0.5, 0.6) is 0 Å². The maximum Gasteiger partial charge on any atom is 0.196 e. The fourth-order valence-corrected chi connectivity index (χ4v) is 3.44. The molecule has 0 unspecified atom stereocenters. The fraction of sp³-hybridized carbons (Fsp3) is 0.0526. The van der Waals surface area contributed by atoms with Gasteiger partial charge in [-0.2, -0.15) is 0 Å². The summed E-state index contributed by atoms with van der Waals surface area (Å²) in [5, 5.41) is 10.6. The van der Waals surface area contributed by atoms with Gasteiger partial charge in [0, 0.05) is 34.1 Å². The van der Waals surface area contributed by atoms with Gasteiger partial charge in [-0.15, -0.1) is 16.8 Å². The summed E-state index contributed by atoms with van der Waals surface area (Å²) in [5.74, 6) is 1.16. The van der Waals surface area contributed by atoms with Crippen LogP contribution in [0.3, 0.4) is 0 Å². The molecule has 2 aromatic heterocycles. The van der Waals surface area contributed by atoms with Gasteiger partial charge in [-0.1, -0.05) is 36.0 Å². The van der Waals surface area contributed by atoms with Gasteiger partial charge < -0.3 is 4.98 Å². The zero-order valence-electron chi connectivity index (χ0n) is 13.3. The molecule has 4 rings (SSSR count). The molecular formula is C19H15FN4S. The molecule has 0 fully saturated rings. The Morgan fingerprint density at radius 1 is 1.12 bits per heavy atom. The first-order chi connectivity index (χ1) is 12.3. The molecule has 4 nitrogen and oxygen atoms in total. The molecular weight excluding hydrogens is 335 g/mol. The molecule has 0 saturated carbocycles. The van der Waals surface area contributed by atoms with E-state index in [4.69, 9.17) is 0 Å². The highest BCUT2D eigenvalue weighted by molar-refractivity contribution is 7.99. The van der Waals surface area contributed by atoms with Gasteiger partial charge in [0.1, 0.15) is 5.82 Å². The normalized spacial score (nSPS) is 11.1. The average Bonchev–Trinajstić information content (AvgIpc) is 3.24. The molecule has 2 aromatic carbocycles. The van der Waals surface area contributed by atoms with E-state index >= 15 is 0 Å². The first-order valence-electron chi connectivity index (χ1n) is 7.79. The molecule has 4 aromatic rings. The minimum atomic E-state index is -0.272. The van der Waals surface area contributed by atoms with Crippen LogP contribution in [0.4, 0.5) is 4.39 Å². The quantitative estimate of drug-likeness (QED) is 0.414. The summed E-state index contributed by atoms with van der Waals surface area (Å²) >= 11 is 1.54. The predicted molar refractivity (Wildman–Crippen MR) is 99.5 cm³/mol. The first kappa shape index (κ1) is 15.7. The van der Waals surface area contributed by atoms with Gasteiger partial charge >= 0.3 is 0 Å². The number of hydrogen-bond acceptors (Lipinski definition) is 3. The number of nitrogens with zero attached hydrogens (tertiary/aromatic N) is 3. The smallest absolute Gasteiger partial charge is 0.196 e. The Hall–Kier alpha value is -2.86. The Kier molecular flexibility index (Phi) is 4.11. The number of para-hydroxylation sites is 1. The van der Waals surface area contributed by atoms with E-state index in [-0.39, 0.29) is 5.82 Å². The summed E-state index contributed by atoms with van der Waals surface area (Å²) in [4.78, 5) is 3.26. The molecule has 6 heteroatoms. The Balaban J connectivity index is 1.91. The molecule has 0 saturated heterocycles. The Morgan fingerprint density at radius 3 is 2.72 bits per heavy atom. The SMILES string of the molecule is C=CCSc1nnc(-c2c[nH]c3ccccc23)n1-c1ccc(F)cc1. The molecule has 0 spiro atoms. The molecule has 0 aliphatic carbocycles. The number of nitrogens with one attached hydrogen (secondary N) is 1. The first-order valence-corrected chi connectivity index (χ1v) is 8.78. The van der Waals surface area contributed by atoms with Crippen LogP contribution in [0, 0.1) is 5.82 Å². The highest BCUT2D eigenvalue weighted by Gasteiger charge is 2.18. The molecule has 0 bridgehead atoms. The van der Waals surface area contributed by atoms with Crippen molar-refractivity contribution in [1.82, 2.24) is 19.7 Å². The maximum absolute atomic E-state index is 13.3. The van der Waals surface area contributed by atoms with Gasteiger partial charge in [0.2, 0.25) is 0 Å². The van der Waals surface area contributed by atoms with E-state index in [0.717, 1.165) is 33.1 Å². The second-order valence-corrected chi connectivity index (χ2v) is 6.45. The van der Waals surface area contributed by atoms with Gasteiger partial charge in [-0.25, -0.2) is 4.39 Å². The molecule has 124 valence electrons. The van der Waals surface area contributed by atoms with Crippen molar-refractivity contribution < 1.29 is 4.39 Å². The average molecular weight is 350 g/mol. The van der Waals surface area contributed by atoms with E-state index in [1.54, 1.807) is 12.1 Å². The summed E-state index contributed by atoms with van der Waals surface area (Å²) in [6.45, 7) is 3.75. The van der Waals surface area contributed by atoms with Crippen molar-refractivity contribution in [1.29, 1.82) is 0 Å². The Bertz CT molecular complexity index is 1030. The lowest BCUT2D eigenvalue weighted by molar-refractivity contribution is 0.627. The van der Waals surface area contributed by atoms with Gasteiger partial charge in [-0.05, 0) is 30.3 Å². The van der Waals surface area contributed by atoms with Crippen molar-refractivity contribution >= 4 is 22.7 Å². The highest BCUT2D eigenvalue weighted by atomic mass is 32.2. The topological polar surface area (TPSA) is 46.5 Å². The third-order valence-corrected chi connectivity index (χ3v) is 4.80. The lowest BCUT2D eigenvalue weighted by atomic mass is 10.1. The van der Waals surface area contributed by atoms with Crippen molar-refractivity contribution in [2.24, 2.45) is 0 Å². The Morgan fingerprint density at radius 2 is 1.92 bits per heavy atom. The number of rotatable bonds is 5. The van der Waals surface area contributed by atoms with Crippen molar-refractivity contribution in [2.45, 2.75) is 5.16 Å². The number of fused-ring (bicyclic) bond motifs is 1. The van der Waals surface area contributed by atoms with Gasteiger partial charge in [0.25, 0.3) is 0 Å². The maximum atomic E-state index is 13.3. The molecule has 25 heavy (non-hydrogen) atoms. The van der Waals surface area contributed by atoms with Crippen molar-refractivity contribution in [3.05, 3.63) is 73.2 Å². The van der Waals surface area contributed by atoms with Gasteiger partial charge in [0.05, 0.1) is 0 Å². The summed E-state index contributed by atoms with van der Waals surface area (Å²) in [6.07, 6.45) is 3.75. The van der Waals surface area contributed by atoms with Crippen LogP contribution in [0.15, 0.2) is 72.5 Å². The van der Waals surface area contributed by atoms with Crippen LogP contribution in [-0.2, 0) is 0 Å². The van der Waals surface area contributed by atoms with Gasteiger partial charge in [-0.3, -0.25) is 4.57 Å². The second kappa shape index (κ2) is 6.57. The highest BCUT2D eigenvalue weighted by Crippen LogP contribution is 2.32. The summed E-state index contributed by atoms with van der Waals surface area (Å²) in [7, 11) is 0. The largest absolute Gasteiger partial charge is 0.360 e. The number of aromatic amines is 1. The third-order valence-electron chi connectivity index (χ3n) is 3.88. The zero-order valence-corrected chi connectivity index (χ0v) is 14.1. The van der Waals surface area contributed by atoms with E-state index in [0.29, 0.717) is 5.75 Å². The lowest BCUT2D eigenvalue weighted by Crippen LogP contribution is -1.99. The van der Waals surface area contributed by atoms with Crippen LogP contribution in [0.25, 0.3) is 28.0 Å². The molecule has 2 heterocycles. The number of hydrogen-bond donors (Lipinski definition) is 1.